The minimum atomic E-state index is -4.47. The molecule has 2 aliphatic rings. The first kappa shape index (κ1) is 20.7. The Balaban J connectivity index is 1.52. The predicted octanol–water partition coefficient (Wildman–Crippen LogP) is 4.99. The minimum absolute atomic E-state index is 0.0484. The third-order valence-corrected chi connectivity index (χ3v) is 6.16. The molecule has 7 heteroatoms. The molecule has 1 amide bonds. The van der Waals surface area contributed by atoms with E-state index in [0.29, 0.717) is 25.9 Å². The van der Waals surface area contributed by atoms with Crippen LogP contribution in [-0.2, 0) is 11.0 Å². The van der Waals surface area contributed by atoms with Gasteiger partial charge in [-0.25, -0.2) is 4.98 Å². The average Bonchev–Trinajstić information content (AvgIpc) is 3.23. The molecule has 0 N–H and O–H groups in total. The van der Waals surface area contributed by atoms with E-state index in [9.17, 15) is 18.0 Å². The first-order valence-electron chi connectivity index (χ1n) is 10.5. The van der Waals surface area contributed by atoms with Crippen molar-refractivity contribution in [3.05, 3.63) is 59.3 Å². The molecule has 2 aromatic rings. The van der Waals surface area contributed by atoms with Gasteiger partial charge in [-0.1, -0.05) is 29.8 Å². The number of hydrogen-bond acceptors (Lipinski definition) is 3. The number of anilines is 1. The van der Waals surface area contributed by atoms with Crippen molar-refractivity contribution in [3.63, 3.8) is 0 Å². The number of benzene rings is 1. The van der Waals surface area contributed by atoms with Gasteiger partial charge >= 0.3 is 6.18 Å². The number of rotatable bonds is 3. The summed E-state index contributed by atoms with van der Waals surface area (Å²) in [4.78, 5) is 20.9. The summed E-state index contributed by atoms with van der Waals surface area (Å²) in [6.45, 7) is 3.48. The number of halogens is 3. The van der Waals surface area contributed by atoms with Crippen LogP contribution in [-0.4, -0.2) is 35.4 Å². The van der Waals surface area contributed by atoms with E-state index in [0.717, 1.165) is 24.5 Å². The molecule has 3 heterocycles. The predicted molar refractivity (Wildman–Crippen MR) is 109 cm³/mol. The van der Waals surface area contributed by atoms with Crippen LogP contribution in [0.2, 0.25) is 0 Å². The van der Waals surface area contributed by atoms with E-state index < -0.39 is 11.7 Å². The highest BCUT2D eigenvalue weighted by molar-refractivity contribution is 5.80. The summed E-state index contributed by atoms with van der Waals surface area (Å²) >= 11 is 0. The van der Waals surface area contributed by atoms with Crippen molar-refractivity contribution in [1.82, 2.24) is 9.88 Å². The van der Waals surface area contributed by atoms with Crippen LogP contribution in [0.5, 0.6) is 0 Å². The zero-order chi connectivity index (χ0) is 21.3. The second kappa shape index (κ2) is 8.28. The molecule has 0 spiro atoms. The van der Waals surface area contributed by atoms with Gasteiger partial charge in [0.1, 0.15) is 5.82 Å². The van der Waals surface area contributed by atoms with Crippen LogP contribution in [0.15, 0.2) is 42.6 Å². The molecule has 4 nitrogen and oxygen atoms in total. The zero-order valence-corrected chi connectivity index (χ0v) is 17.0. The van der Waals surface area contributed by atoms with Crippen LogP contribution in [0.1, 0.15) is 48.4 Å². The quantitative estimate of drug-likeness (QED) is 0.706. The summed E-state index contributed by atoms with van der Waals surface area (Å²) in [5.74, 6) is -0.334. The summed E-state index contributed by atoms with van der Waals surface area (Å²) in [7, 11) is 0. The monoisotopic (exact) mass is 417 g/mol. The van der Waals surface area contributed by atoms with Gasteiger partial charge in [0.2, 0.25) is 5.91 Å². The van der Waals surface area contributed by atoms with Crippen molar-refractivity contribution >= 4 is 11.7 Å². The number of alkyl halides is 3. The summed E-state index contributed by atoms with van der Waals surface area (Å²) < 4.78 is 40.3. The second-order valence-corrected chi connectivity index (χ2v) is 8.26. The molecule has 1 aromatic carbocycles. The van der Waals surface area contributed by atoms with Crippen molar-refractivity contribution in [2.24, 2.45) is 5.92 Å². The molecule has 2 atom stereocenters. The Morgan fingerprint density at radius 3 is 2.53 bits per heavy atom. The van der Waals surface area contributed by atoms with Gasteiger partial charge in [0.05, 0.1) is 17.5 Å². The van der Waals surface area contributed by atoms with Gasteiger partial charge in [0.25, 0.3) is 0 Å². The molecule has 2 saturated heterocycles. The molecule has 1 aromatic heterocycles. The van der Waals surface area contributed by atoms with Crippen LogP contribution in [0.4, 0.5) is 19.0 Å². The first-order valence-corrected chi connectivity index (χ1v) is 10.5. The Hall–Kier alpha value is -2.57. The topological polar surface area (TPSA) is 36.4 Å². The molecule has 4 rings (SSSR count). The molecular weight excluding hydrogens is 391 g/mol. The summed E-state index contributed by atoms with van der Waals surface area (Å²) in [5.41, 5.74) is 1.56. The van der Waals surface area contributed by atoms with Crippen LogP contribution in [0.25, 0.3) is 0 Å². The number of amides is 1. The van der Waals surface area contributed by atoms with Crippen LogP contribution >= 0.6 is 0 Å². The van der Waals surface area contributed by atoms with E-state index in [-0.39, 0.29) is 30.2 Å². The van der Waals surface area contributed by atoms with Gasteiger partial charge in [-0.15, -0.1) is 0 Å². The lowest BCUT2D eigenvalue weighted by molar-refractivity contribution is -0.137. The molecule has 2 aliphatic heterocycles. The number of carbonyl (C=O) groups is 1. The fourth-order valence-electron chi connectivity index (χ4n) is 4.64. The van der Waals surface area contributed by atoms with Crippen LogP contribution in [0.3, 0.4) is 0 Å². The Labute approximate surface area is 174 Å². The minimum Gasteiger partial charge on any atom is -0.355 e. The maximum Gasteiger partial charge on any atom is 0.419 e. The molecule has 0 bridgehead atoms. The number of aromatic nitrogens is 1. The first-order chi connectivity index (χ1) is 14.3. The van der Waals surface area contributed by atoms with Gasteiger partial charge in [0, 0.05) is 25.8 Å². The maximum absolute atomic E-state index is 13.4. The summed E-state index contributed by atoms with van der Waals surface area (Å²) in [6.07, 6.45) is 0.146. The Bertz CT molecular complexity index is 897. The largest absolute Gasteiger partial charge is 0.419 e. The van der Waals surface area contributed by atoms with Crippen molar-refractivity contribution in [1.29, 1.82) is 0 Å². The van der Waals surface area contributed by atoms with Gasteiger partial charge in [-0.05, 0) is 50.3 Å². The van der Waals surface area contributed by atoms with Crippen LogP contribution < -0.4 is 4.90 Å². The Morgan fingerprint density at radius 1 is 1.07 bits per heavy atom. The number of piperidine rings is 1. The lowest BCUT2D eigenvalue weighted by Crippen LogP contribution is -2.45. The molecule has 0 aliphatic carbocycles. The van der Waals surface area contributed by atoms with Crippen molar-refractivity contribution in [2.75, 3.05) is 24.5 Å². The maximum atomic E-state index is 13.4. The number of nitrogens with zero attached hydrogens (tertiary/aromatic N) is 3. The highest BCUT2D eigenvalue weighted by atomic mass is 19.4. The van der Waals surface area contributed by atoms with E-state index in [1.807, 2.05) is 11.8 Å². The fraction of sp³-hybridized carbons (Fsp3) is 0.478. The van der Waals surface area contributed by atoms with Gasteiger partial charge in [0.15, 0.2) is 0 Å². The lowest BCUT2D eigenvalue weighted by atomic mass is 9.95. The van der Waals surface area contributed by atoms with Gasteiger partial charge in [-0.3, -0.25) is 4.79 Å². The third-order valence-electron chi connectivity index (χ3n) is 6.16. The average molecular weight is 417 g/mol. The fourth-order valence-corrected chi connectivity index (χ4v) is 4.64. The summed E-state index contributed by atoms with van der Waals surface area (Å²) in [5, 5.41) is 0. The SMILES string of the molecule is Cc1ccc(C2CCCN2C(=O)C2CCCN(c3ncccc3C(F)(F)F)C2)cc1. The number of pyridine rings is 1. The smallest absolute Gasteiger partial charge is 0.355 e. The molecule has 160 valence electrons. The molecule has 2 fully saturated rings. The van der Waals surface area contributed by atoms with Crippen molar-refractivity contribution in [2.45, 2.75) is 44.8 Å². The Kier molecular flexibility index (Phi) is 5.71. The number of hydrogen-bond donors (Lipinski definition) is 0. The van der Waals surface area contributed by atoms with Crippen molar-refractivity contribution in [3.8, 4) is 0 Å². The molecule has 2 unspecified atom stereocenters. The molecule has 0 radical (unpaired) electrons. The second-order valence-electron chi connectivity index (χ2n) is 8.26. The normalized spacial score (nSPS) is 22.4. The Morgan fingerprint density at radius 2 is 1.80 bits per heavy atom. The van der Waals surface area contributed by atoms with Gasteiger partial charge < -0.3 is 9.80 Å². The number of aryl methyl sites for hydroxylation is 1. The van der Waals surface area contributed by atoms with Gasteiger partial charge in [-0.2, -0.15) is 13.2 Å². The molecule has 30 heavy (non-hydrogen) atoms. The van der Waals surface area contributed by atoms with Crippen molar-refractivity contribution < 1.29 is 18.0 Å². The highest BCUT2D eigenvalue weighted by Crippen LogP contribution is 2.38. The van der Waals surface area contributed by atoms with E-state index in [4.69, 9.17) is 0 Å². The molecule has 0 saturated carbocycles. The summed E-state index contributed by atoms with van der Waals surface area (Å²) in [6, 6.07) is 10.7. The van der Waals surface area contributed by atoms with E-state index >= 15 is 0 Å². The van der Waals surface area contributed by atoms with E-state index in [2.05, 4.69) is 29.2 Å². The van der Waals surface area contributed by atoms with E-state index in [1.54, 1.807) is 4.90 Å². The number of carbonyl (C=O) groups excluding carboxylic acids is 1. The van der Waals surface area contributed by atoms with E-state index in [1.165, 1.54) is 17.8 Å². The van der Waals surface area contributed by atoms with Crippen LogP contribution in [0, 0.1) is 12.8 Å². The standard InChI is InChI=1S/C23H26F3N3O/c1-16-8-10-17(11-9-16)20-7-4-14-29(20)22(30)18-5-3-13-28(15-18)21-19(23(24,25)26)6-2-12-27-21/h2,6,8-12,18,20H,3-5,7,13-15H2,1H3. The molecular formula is C23H26F3N3O. The number of likely N-dealkylation sites (tertiary alicyclic amines) is 1. The highest BCUT2D eigenvalue weighted by Gasteiger charge is 2.39. The lowest BCUT2D eigenvalue weighted by Gasteiger charge is -2.37. The zero-order valence-electron chi connectivity index (χ0n) is 17.0. The third kappa shape index (κ3) is 4.16.